The Morgan fingerprint density at radius 3 is 2.94 bits per heavy atom. The van der Waals surface area contributed by atoms with E-state index in [2.05, 4.69) is 0 Å². The number of halogens is 1. The van der Waals surface area contributed by atoms with E-state index in [1.165, 1.54) is 0 Å². The molecular weight excluding hydrogens is 254 g/mol. The molecule has 0 aromatic heterocycles. The topological polar surface area (TPSA) is 49.8 Å². The number of amides is 1. The van der Waals surface area contributed by atoms with Gasteiger partial charge in [0.2, 0.25) is 5.91 Å². The largest absolute Gasteiger partial charge is 0.492 e. The van der Waals surface area contributed by atoms with E-state index in [-0.39, 0.29) is 18.4 Å². The first-order chi connectivity index (χ1) is 8.65. The van der Waals surface area contributed by atoms with Crippen LogP contribution in [0.4, 0.5) is 5.69 Å². The Kier molecular flexibility index (Phi) is 4.09. The van der Waals surface area contributed by atoms with Crippen LogP contribution in [0, 0.1) is 5.92 Å². The quantitative estimate of drug-likeness (QED) is 0.911. The Bertz CT molecular complexity index is 450. The Hall–Kier alpha value is -1.26. The van der Waals surface area contributed by atoms with Gasteiger partial charge in [-0.3, -0.25) is 4.79 Å². The van der Waals surface area contributed by atoms with Crippen LogP contribution in [0.2, 0.25) is 5.02 Å². The lowest BCUT2D eigenvalue weighted by Crippen LogP contribution is -2.25. The third kappa shape index (κ3) is 2.60. The van der Waals surface area contributed by atoms with Crippen molar-refractivity contribution in [3.05, 3.63) is 23.2 Å². The van der Waals surface area contributed by atoms with Crippen LogP contribution in [0.15, 0.2) is 18.2 Å². The average Bonchev–Trinajstić information content (AvgIpc) is 2.71. The molecule has 98 valence electrons. The molecule has 1 unspecified atom stereocenters. The van der Waals surface area contributed by atoms with Crippen molar-refractivity contribution in [3.8, 4) is 5.75 Å². The van der Waals surface area contributed by atoms with Gasteiger partial charge in [-0.25, -0.2) is 0 Å². The summed E-state index contributed by atoms with van der Waals surface area (Å²) in [7, 11) is 0. The monoisotopic (exact) mass is 269 g/mol. The maximum absolute atomic E-state index is 11.9. The van der Waals surface area contributed by atoms with Gasteiger partial charge >= 0.3 is 0 Å². The highest BCUT2D eigenvalue weighted by Gasteiger charge is 2.31. The minimum Gasteiger partial charge on any atom is -0.492 e. The number of hydrogen-bond acceptors (Lipinski definition) is 3. The van der Waals surface area contributed by atoms with Crippen molar-refractivity contribution in [1.29, 1.82) is 0 Å². The van der Waals surface area contributed by atoms with Crippen LogP contribution in [0.25, 0.3) is 0 Å². The standard InChI is InChI=1S/C13H16ClNO3/c1-2-18-12-6-10(14)3-4-11(12)15-7-9(8-16)5-13(15)17/h3-4,6,9,16H,2,5,7-8H2,1H3. The van der Waals surface area contributed by atoms with Crippen molar-refractivity contribution in [2.45, 2.75) is 13.3 Å². The van der Waals surface area contributed by atoms with E-state index >= 15 is 0 Å². The summed E-state index contributed by atoms with van der Waals surface area (Å²) in [6.07, 6.45) is 0.380. The second-order valence-electron chi connectivity index (χ2n) is 4.30. The van der Waals surface area contributed by atoms with Crippen molar-refractivity contribution < 1.29 is 14.6 Å². The number of aliphatic hydroxyl groups excluding tert-OH is 1. The molecule has 1 heterocycles. The SMILES string of the molecule is CCOc1cc(Cl)ccc1N1CC(CO)CC1=O. The molecule has 18 heavy (non-hydrogen) atoms. The van der Waals surface area contributed by atoms with E-state index in [0.29, 0.717) is 30.3 Å². The molecule has 0 saturated carbocycles. The summed E-state index contributed by atoms with van der Waals surface area (Å²) in [6.45, 7) is 2.95. The molecule has 1 N–H and O–H groups in total. The third-order valence-corrected chi connectivity index (χ3v) is 3.21. The number of benzene rings is 1. The van der Waals surface area contributed by atoms with E-state index in [9.17, 15) is 4.79 Å². The number of carbonyl (C=O) groups is 1. The predicted octanol–water partition coefficient (Wildman–Crippen LogP) is 2.08. The van der Waals surface area contributed by atoms with E-state index in [1.807, 2.05) is 6.92 Å². The molecule has 1 aromatic rings. The zero-order chi connectivity index (χ0) is 13.1. The number of carbonyl (C=O) groups excluding carboxylic acids is 1. The van der Waals surface area contributed by atoms with Crippen LogP contribution in [0.5, 0.6) is 5.75 Å². The first-order valence-corrected chi connectivity index (χ1v) is 6.37. The van der Waals surface area contributed by atoms with Crippen LogP contribution >= 0.6 is 11.6 Å². The molecule has 2 rings (SSSR count). The number of anilines is 1. The average molecular weight is 270 g/mol. The Balaban J connectivity index is 2.30. The van der Waals surface area contributed by atoms with Crippen molar-refractivity contribution in [2.24, 2.45) is 5.92 Å². The predicted molar refractivity (Wildman–Crippen MR) is 70.2 cm³/mol. The van der Waals surface area contributed by atoms with Gasteiger partial charge in [-0.1, -0.05) is 11.6 Å². The lowest BCUT2D eigenvalue weighted by Gasteiger charge is -2.20. The smallest absolute Gasteiger partial charge is 0.227 e. The van der Waals surface area contributed by atoms with Crippen molar-refractivity contribution >= 4 is 23.2 Å². The van der Waals surface area contributed by atoms with Crippen LogP contribution in [-0.4, -0.2) is 30.8 Å². The summed E-state index contributed by atoms with van der Waals surface area (Å²) in [4.78, 5) is 13.6. The first-order valence-electron chi connectivity index (χ1n) is 5.99. The molecule has 1 aliphatic rings. The number of hydrogen-bond donors (Lipinski definition) is 1. The van der Waals surface area contributed by atoms with Crippen molar-refractivity contribution in [2.75, 3.05) is 24.7 Å². The molecule has 0 bridgehead atoms. The summed E-state index contributed by atoms with van der Waals surface area (Å²) in [5.41, 5.74) is 0.724. The molecule has 1 aliphatic heterocycles. The molecular formula is C13H16ClNO3. The van der Waals surface area contributed by atoms with Crippen LogP contribution in [-0.2, 0) is 4.79 Å². The fourth-order valence-corrected chi connectivity index (χ4v) is 2.28. The highest BCUT2D eigenvalue weighted by atomic mass is 35.5. The molecule has 4 nitrogen and oxygen atoms in total. The number of rotatable bonds is 4. The zero-order valence-electron chi connectivity index (χ0n) is 10.2. The molecule has 1 atom stereocenters. The van der Waals surface area contributed by atoms with Gasteiger partial charge in [0.05, 0.1) is 12.3 Å². The van der Waals surface area contributed by atoms with Gasteiger partial charge in [0.1, 0.15) is 5.75 Å². The molecule has 1 fully saturated rings. The zero-order valence-corrected chi connectivity index (χ0v) is 11.0. The molecule has 1 aromatic carbocycles. The molecule has 1 amide bonds. The normalized spacial score (nSPS) is 19.4. The van der Waals surface area contributed by atoms with E-state index in [0.717, 1.165) is 5.69 Å². The molecule has 5 heteroatoms. The van der Waals surface area contributed by atoms with Gasteiger partial charge in [-0.15, -0.1) is 0 Å². The Morgan fingerprint density at radius 1 is 1.56 bits per heavy atom. The van der Waals surface area contributed by atoms with Crippen LogP contribution < -0.4 is 9.64 Å². The number of ether oxygens (including phenoxy) is 1. The lowest BCUT2D eigenvalue weighted by molar-refractivity contribution is -0.117. The van der Waals surface area contributed by atoms with E-state index in [4.69, 9.17) is 21.4 Å². The van der Waals surface area contributed by atoms with E-state index in [1.54, 1.807) is 23.1 Å². The van der Waals surface area contributed by atoms with Crippen LogP contribution in [0.3, 0.4) is 0 Å². The lowest BCUT2D eigenvalue weighted by atomic mass is 10.1. The van der Waals surface area contributed by atoms with Gasteiger partial charge in [0.25, 0.3) is 0 Å². The van der Waals surface area contributed by atoms with Gasteiger partial charge in [0, 0.05) is 36.6 Å². The summed E-state index contributed by atoms with van der Waals surface area (Å²) >= 11 is 5.93. The van der Waals surface area contributed by atoms with Gasteiger partial charge in [-0.2, -0.15) is 0 Å². The number of nitrogens with zero attached hydrogens (tertiary/aromatic N) is 1. The van der Waals surface area contributed by atoms with Gasteiger partial charge < -0.3 is 14.7 Å². The maximum Gasteiger partial charge on any atom is 0.227 e. The van der Waals surface area contributed by atoms with Crippen LogP contribution in [0.1, 0.15) is 13.3 Å². The minimum atomic E-state index is 0.00246. The van der Waals surface area contributed by atoms with Gasteiger partial charge in [0.15, 0.2) is 0 Å². The highest BCUT2D eigenvalue weighted by molar-refractivity contribution is 6.30. The first kappa shape index (κ1) is 13.2. The molecule has 0 spiro atoms. The minimum absolute atomic E-state index is 0.00246. The van der Waals surface area contributed by atoms with Gasteiger partial charge in [-0.05, 0) is 19.1 Å². The van der Waals surface area contributed by atoms with Crippen molar-refractivity contribution in [1.82, 2.24) is 0 Å². The summed E-state index contributed by atoms with van der Waals surface area (Å²) in [6, 6.07) is 5.23. The molecule has 0 radical (unpaired) electrons. The molecule has 1 saturated heterocycles. The summed E-state index contributed by atoms with van der Waals surface area (Å²) < 4.78 is 5.51. The molecule has 0 aliphatic carbocycles. The fourth-order valence-electron chi connectivity index (χ4n) is 2.12. The second kappa shape index (κ2) is 5.59. The fraction of sp³-hybridized carbons (Fsp3) is 0.462. The second-order valence-corrected chi connectivity index (χ2v) is 4.74. The summed E-state index contributed by atoms with van der Waals surface area (Å²) in [5, 5.41) is 9.71. The summed E-state index contributed by atoms with van der Waals surface area (Å²) in [5.74, 6) is 0.622. The highest BCUT2D eigenvalue weighted by Crippen LogP contribution is 2.35. The van der Waals surface area contributed by atoms with Crippen molar-refractivity contribution in [3.63, 3.8) is 0 Å². The van der Waals surface area contributed by atoms with E-state index < -0.39 is 0 Å². The maximum atomic E-state index is 11.9. The number of aliphatic hydroxyl groups is 1. The third-order valence-electron chi connectivity index (χ3n) is 2.98. The Labute approximate surface area is 111 Å². The Morgan fingerprint density at radius 2 is 2.33 bits per heavy atom.